The van der Waals surface area contributed by atoms with E-state index >= 15 is 0 Å². The summed E-state index contributed by atoms with van der Waals surface area (Å²) in [5.41, 5.74) is -0.565. The first-order valence-corrected chi connectivity index (χ1v) is 5.92. The molecule has 0 saturated heterocycles. The number of alkyl halides is 4. The smallest absolute Gasteiger partial charge is 0.462 e. The lowest BCUT2D eigenvalue weighted by Crippen LogP contribution is -2.20. The van der Waals surface area contributed by atoms with Gasteiger partial charge in [0.15, 0.2) is 0 Å². The Morgan fingerprint density at radius 2 is 2.10 bits per heavy atom. The van der Waals surface area contributed by atoms with E-state index in [1.807, 2.05) is 0 Å². The summed E-state index contributed by atoms with van der Waals surface area (Å²) in [5.74, 6) is -2.10. The van der Waals surface area contributed by atoms with E-state index in [1.54, 1.807) is 6.07 Å². The molecule has 20 heavy (non-hydrogen) atoms. The predicted octanol–water partition coefficient (Wildman–Crippen LogP) is 3.37. The van der Waals surface area contributed by atoms with Gasteiger partial charge in [-0.2, -0.15) is 5.26 Å². The largest absolute Gasteiger partial charge is 0.573 e. The van der Waals surface area contributed by atoms with E-state index in [0.717, 1.165) is 12.1 Å². The van der Waals surface area contributed by atoms with Gasteiger partial charge in [-0.25, -0.2) is 4.79 Å². The first-order valence-electron chi connectivity index (χ1n) is 5.38. The monoisotopic (exact) mass is 307 g/mol. The van der Waals surface area contributed by atoms with Gasteiger partial charge >= 0.3 is 12.3 Å². The number of carbonyl (C=O) groups is 1. The fourth-order valence-corrected chi connectivity index (χ4v) is 1.78. The van der Waals surface area contributed by atoms with Gasteiger partial charge in [0.05, 0.1) is 18.2 Å². The van der Waals surface area contributed by atoms with E-state index in [9.17, 15) is 18.0 Å². The summed E-state index contributed by atoms with van der Waals surface area (Å²) in [6.07, 6.45) is -4.97. The van der Waals surface area contributed by atoms with Crippen molar-refractivity contribution in [3.63, 3.8) is 0 Å². The maximum Gasteiger partial charge on any atom is 0.573 e. The molecule has 0 spiro atoms. The van der Waals surface area contributed by atoms with Gasteiger partial charge in [0.25, 0.3) is 0 Å². The number of nitriles is 1. The Bertz CT molecular complexity index is 552. The maximum absolute atomic E-state index is 12.3. The molecule has 0 atom stereocenters. The Hall–Kier alpha value is -1.94. The Morgan fingerprint density at radius 3 is 2.55 bits per heavy atom. The minimum Gasteiger partial charge on any atom is -0.462 e. The lowest BCUT2D eigenvalue weighted by Gasteiger charge is -2.15. The standard InChI is InChI=1S/C12H9ClF3NO3/c1-2-19-11(18)10-8(5-13)7(6-17)3-4-9(10)20-12(14,15)16/h3-4H,2,5H2,1H3. The van der Waals surface area contributed by atoms with Crippen LogP contribution in [0.15, 0.2) is 12.1 Å². The molecule has 0 saturated carbocycles. The predicted molar refractivity (Wildman–Crippen MR) is 63.4 cm³/mol. The second-order valence-electron chi connectivity index (χ2n) is 3.48. The van der Waals surface area contributed by atoms with E-state index in [2.05, 4.69) is 9.47 Å². The average Bonchev–Trinajstić information content (AvgIpc) is 2.36. The minimum atomic E-state index is -4.97. The van der Waals surface area contributed by atoms with Gasteiger partial charge in [0, 0.05) is 11.4 Å². The van der Waals surface area contributed by atoms with Gasteiger partial charge in [-0.05, 0) is 19.1 Å². The van der Waals surface area contributed by atoms with Crippen LogP contribution in [0.5, 0.6) is 5.75 Å². The molecular formula is C12H9ClF3NO3. The molecule has 8 heteroatoms. The van der Waals surface area contributed by atoms with Crippen LogP contribution in [0.25, 0.3) is 0 Å². The zero-order valence-electron chi connectivity index (χ0n) is 10.3. The number of hydrogen-bond acceptors (Lipinski definition) is 4. The molecule has 0 aromatic heterocycles. The highest BCUT2D eigenvalue weighted by Crippen LogP contribution is 2.32. The molecule has 0 aliphatic rings. The van der Waals surface area contributed by atoms with Crippen LogP contribution < -0.4 is 4.74 Å². The number of nitrogens with zero attached hydrogens (tertiary/aromatic N) is 1. The molecule has 0 bridgehead atoms. The summed E-state index contributed by atoms with van der Waals surface area (Å²) in [7, 11) is 0. The summed E-state index contributed by atoms with van der Waals surface area (Å²) in [5, 5.41) is 8.89. The van der Waals surface area contributed by atoms with Crippen molar-refractivity contribution in [3.8, 4) is 11.8 Å². The minimum absolute atomic E-state index is 0.0161. The van der Waals surface area contributed by atoms with Crippen molar-refractivity contribution in [3.05, 3.63) is 28.8 Å². The first-order chi connectivity index (χ1) is 9.34. The summed E-state index contributed by atoms with van der Waals surface area (Å²) in [4.78, 5) is 11.8. The Labute approximate surface area is 117 Å². The van der Waals surface area contributed by atoms with Crippen molar-refractivity contribution in [1.82, 2.24) is 0 Å². The van der Waals surface area contributed by atoms with Crippen molar-refractivity contribution in [2.24, 2.45) is 0 Å². The summed E-state index contributed by atoms with van der Waals surface area (Å²) in [6, 6.07) is 3.73. The van der Waals surface area contributed by atoms with E-state index in [1.165, 1.54) is 6.92 Å². The molecule has 1 aromatic rings. The highest BCUT2D eigenvalue weighted by molar-refractivity contribution is 6.18. The van der Waals surface area contributed by atoms with Crippen LogP contribution in [0.1, 0.15) is 28.4 Å². The quantitative estimate of drug-likeness (QED) is 0.632. The van der Waals surface area contributed by atoms with Crippen molar-refractivity contribution < 1.29 is 27.4 Å². The number of esters is 1. The fraction of sp³-hybridized carbons (Fsp3) is 0.333. The summed E-state index contributed by atoms with van der Waals surface area (Å²) >= 11 is 5.61. The fourth-order valence-electron chi connectivity index (χ4n) is 1.51. The topological polar surface area (TPSA) is 59.3 Å². The maximum atomic E-state index is 12.3. The van der Waals surface area contributed by atoms with Gasteiger partial charge in [-0.15, -0.1) is 24.8 Å². The molecule has 1 rings (SSSR count). The Morgan fingerprint density at radius 1 is 1.45 bits per heavy atom. The lowest BCUT2D eigenvalue weighted by atomic mass is 10.0. The number of carbonyl (C=O) groups excluding carboxylic acids is 1. The van der Waals surface area contributed by atoms with E-state index in [-0.39, 0.29) is 23.6 Å². The third-order valence-corrected chi connectivity index (χ3v) is 2.50. The molecule has 0 aliphatic carbocycles. The zero-order chi connectivity index (χ0) is 15.3. The van der Waals surface area contributed by atoms with Crippen molar-refractivity contribution in [2.45, 2.75) is 19.2 Å². The number of hydrogen-bond donors (Lipinski definition) is 0. The first kappa shape index (κ1) is 16.1. The van der Waals surface area contributed by atoms with Crippen LogP contribution in [0.3, 0.4) is 0 Å². The molecule has 1 aromatic carbocycles. The molecule has 0 radical (unpaired) electrons. The highest BCUT2D eigenvalue weighted by Gasteiger charge is 2.34. The molecule has 0 unspecified atom stereocenters. The second-order valence-corrected chi connectivity index (χ2v) is 3.75. The summed E-state index contributed by atoms with van der Waals surface area (Å²) < 4.78 is 45.4. The van der Waals surface area contributed by atoms with Gasteiger partial charge < -0.3 is 9.47 Å². The molecule has 0 aliphatic heterocycles. The van der Waals surface area contributed by atoms with E-state index in [0.29, 0.717) is 0 Å². The van der Waals surface area contributed by atoms with Crippen LogP contribution in [0, 0.1) is 11.3 Å². The average molecular weight is 308 g/mol. The Kier molecular flexibility index (Phi) is 5.22. The van der Waals surface area contributed by atoms with Crippen LogP contribution in [0.4, 0.5) is 13.2 Å². The SMILES string of the molecule is CCOC(=O)c1c(OC(F)(F)F)ccc(C#N)c1CCl. The lowest BCUT2D eigenvalue weighted by molar-refractivity contribution is -0.274. The molecule has 0 fully saturated rings. The van der Waals surface area contributed by atoms with Crippen molar-refractivity contribution in [1.29, 1.82) is 5.26 Å². The van der Waals surface area contributed by atoms with Gasteiger partial charge in [0.1, 0.15) is 11.3 Å². The molecule has 0 heterocycles. The third-order valence-electron chi connectivity index (χ3n) is 2.23. The van der Waals surface area contributed by atoms with Crippen LogP contribution in [0.2, 0.25) is 0 Å². The molecule has 108 valence electrons. The third kappa shape index (κ3) is 3.78. The zero-order valence-corrected chi connectivity index (χ0v) is 11.0. The normalized spacial score (nSPS) is 10.8. The molecule has 0 amide bonds. The highest BCUT2D eigenvalue weighted by atomic mass is 35.5. The molecule has 0 N–H and O–H groups in total. The number of benzene rings is 1. The van der Waals surface area contributed by atoms with E-state index < -0.39 is 23.6 Å². The van der Waals surface area contributed by atoms with Gasteiger partial charge in [0.2, 0.25) is 0 Å². The van der Waals surface area contributed by atoms with Crippen LogP contribution in [-0.4, -0.2) is 18.9 Å². The van der Waals surface area contributed by atoms with Crippen LogP contribution in [-0.2, 0) is 10.6 Å². The Balaban J connectivity index is 3.44. The molecular weight excluding hydrogens is 299 g/mol. The van der Waals surface area contributed by atoms with Crippen molar-refractivity contribution >= 4 is 17.6 Å². The van der Waals surface area contributed by atoms with Gasteiger partial charge in [-0.3, -0.25) is 0 Å². The van der Waals surface area contributed by atoms with E-state index in [4.69, 9.17) is 16.9 Å². The summed E-state index contributed by atoms with van der Waals surface area (Å²) in [6.45, 7) is 1.46. The van der Waals surface area contributed by atoms with Gasteiger partial charge in [-0.1, -0.05) is 0 Å². The second kappa shape index (κ2) is 6.48. The number of rotatable bonds is 4. The number of halogens is 4. The van der Waals surface area contributed by atoms with Crippen molar-refractivity contribution in [2.75, 3.05) is 6.61 Å². The molecule has 4 nitrogen and oxygen atoms in total. The van der Waals surface area contributed by atoms with Crippen LogP contribution >= 0.6 is 11.6 Å². The number of ether oxygens (including phenoxy) is 2.